The number of aliphatic hydroxyl groups is 1. The summed E-state index contributed by atoms with van der Waals surface area (Å²) >= 11 is -0.0612. The molecule has 114 valence electrons. The predicted octanol–water partition coefficient (Wildman–Crippen LogP) is 3.72. The van der Waals surface area contributed by atoms with Gasteiger partial charge >= 0.3 is 5.51 Å². The second kappa shape index (κ2) is 7.15. The minimum Gasteiger partial charge on any atom is -0.387 e. The summed E-state index contributed by atoms with van der Waals surface area (Å²) < 4.78 is 35.8. The number of hydrogen-bond acceptors (Lipinski definition) is 3. The summed E-state index contributed by atoms with van der Waals surface area (Å²) in [6, 6.07) is 13.5. The van der Waals surface area contributed by atoms with Crippen LogP contribution in [0.4, 0.5) is 13.2 Å². The molecule has 0 saturated carbocycles. The molecule has 0 amide bonds. The van der Waals surface area contributed by atoms with Gasteiger partial charge in [-0.05, 0) is 34.2 Å². The van der Waals surface area contributed by atoms with E-state index in [9.17, 15) is 18.3 Å². The molecule has 1 atom stereocenters. The van der Waals surface area contributed by atoms with Crippen LogP contribution in [0.1, 0.15) is 11.7 Å². The number of halogens is 3. The maximum absolute atomic E-state index is 11.9. The van der Waals surface area contributed by atoms with Crippen molar-refractivity contribution >= 4 is 22.5 Å². The van der Waals surface area contributed by atoms with Crippen LogP contribution >= 0.6 is 11.8 Å². The van der Waals surface area contributed by atoms with Gasteiger partial charge in [0, 0.05) is 18.8 Å². The molecule has 0 fully saturated rings. The lowest BCUT2D eigenvalue weighted by Gasteiger charge is -2.13. The highest BCUT2D eigenvalue weighted by atomic mass is 32.2. The summed E-state index contributed by atoms with van der Waals surface area (Å²) in [5, 5.41) is 15.0. The van der Waals surface area contributed by atoms with Gasteiger partial charge in [-0.15, -0.1) is 0 Å². The largest absolute Gasteiger partial charge is 0.441 e. The van der Waals surface area contributed by atoms with Gasteiger partial charge < -0.3 is 10.4 Å². The van der Waals surface area contributed by atoms with Crippen LogP contribution in [0, 0.1) is 0 Å². The minimum atomic E-state index is -4.20. The van der Waals surface area contributed by atoms with Crippen molar-refractivity contribution in [3.05, 3.63) is 48.0 Å². The average molecular weight is 315 g/mol. The van der Waals surface area contributed by atoms with E-state index in [-0.39, 0.29) is 30.6 Å². The first-order valence-corrected chi connectivity index (χ1v) is 7.52. The third-order valence-electron chi connectivity index (χ3n) is 3.04. The molecule has 2 rings (SSSR count). The van der Waals surface area contributed by atoms with Crippen LogP contribution in [0.5, 0.6) is 0 Å². The Kier molecular flexibility index (Phi) is 5.50. The number of fused-ring (bicyclic) bond motifs is 1. The zero-order chi connectivity index (χ0) is 15.3. The van der Waals surface area contributed by atoms with E-state index in [1.54, 1.807) is 0 Å². The van der Waals surface area contributed by atoms with Crippen LogP contribution in [0.2, 0.25) is 0 Å². The number of hydrogen-bond donors (Lipinski definition) is 2. The Labute approximate surface area is 125 Å². The number of benzene rings is 2. The third-order valence-corrected chi connectivity index (χ3v) is 3.78. The highest BCUT2D eigenvalue weighted by molar-refractivity contribution is 8.00. The van der Waals surface area contributed by atoms with Gasteiger partial charge in [0.15, 0.2) is 0 Å². The van der Waals surface area contributed by atoms with E-state index in [1.807, 2.05) is 42.5 Å². The molecule has 2 N–H and O–H groups in total. The van der Waals surface area contributed by atoms with Crippen LogP contribution in [-0.2, 0) is 0 Å². The first-order chi connectivity index (χ1) is 9.96. The summed E-state index contributed by atoms with van der Waals surface area (Å²) in [5.41, 5.74) is -3.44. The number of aliphatic hydroxyl groups excluding tert-OH is 1. The summed E-state index contributed by atoms with van der Waals surface area (Å²) in [6.07, 6.45) is -0.731. The fourth-order valence-electron chi connectivity index (χ4n) is 2.01. The standard InChI is InChI=1S/C15H16F3NOS/c16-15(17,18)21-8-7-19-10-14(20)13-6-5-11-3-1-2-4-12(11)9-13/h1-6,9,14,19-20H,7-8,10H2. The van der Waals surface area contributed by atoms with Crippen LogP contribution in [0.15, 0.2) is 42.5 Å². The van der Waals surface area contributed by atoms with Crippen molar-refractivity contribution in [2.75, 3.05) is 18.8 Å². The average Bonchev–Trinajstić information content (AvgIpc) is 2.45. The number of thioether (sulfide) groups is 1. The fourth-order valence-corrected chi connectivity index (χ4v) is 2.49. The predicted molar refractivity (Wildman–Crippen MR) is 80.3 cm³/mol. The molecular formula is C15H16F3NOS. The Morgan fingerprint density at radius 2 is 1.81 bits per heavy atom. The molecule has 0 spiro atoms. The lowest BCUT2D eigenvalue weighted by molar-refractivity contribution is -0.0327. The van der Waals surface area contributed by atoms with Gasteiger partial charge in [-0.3, -0.25) is 0 Å². The highest BCUT2D eigenvalue weighted by Gasteiger charge is 2.27. The van der Waals surface area contributed by atoms with Crippen molar-refractivity contribution in [3.63, 3.8) is 0 Å². The quantitative estimate of drug-likeness (QED) is 0.797. The van der Waals surface area contributed by atoms with Gasteiger partial charge in [0.1, 0.15) is 0 Å². The molecule has 0 aliphatic rings. The molecule has 1 unspecified atom stereocenters. The van der Waals surface area contributed by atoms with E-state index in [4.69, 9.17) is 0 Å². The summed E-state index contributed by atoms with van der Waals surface area (Å²) in [5.74, 6) is -0.0616. The van der Waals surface area contributed by atoms with E-state index in [1.165, 1.54) is 0 Å². The van der Waals surface area contributed by atoms with Crippen molar-refractivity contribution in [2.45, 2.75) is 11.6 Å². The smallest absolute Gasteiger partial charge is 0.387 e. The maximum atomic E-state index is 11.9. The SMILES string of the molecule is OC(CNCCSC(F)(F)F)c1ccc2ccccc2c1. The van der Waals surface area contributed by atoms with E-state index in [2.05, 4.69) is 5.32 Å². The highest BCUT2D eigenvalue weighted by Crippen LogP contribution is 2.29. The van der Waals surface area contributed by atoms with Crippen LogP contribution in [0.25, 0.3) is 10.8 Å². The Morgan fingerprint density at radius 1 is 1.10 bits per heavy atom. The summed E-state index contributed by atoms with van der Waals surface area (Å²) in [7, 11) is 0. The number of alkyl halides is 3. The first-order valence-electron chi connectivity index (χ1n) is 6.54. The van der Waals surface area contributed by atoms with Gasteiger partial charge in [-0.25, -0.2) is 0 Å². The van der Waals surface area contributed by atoms with Gasteiger partial charge in [0.25, 0.3) is 0 Å². The molecule has 0 bridgehead atoms. The molecule has 21 heavy (non-hydrogen) atoms. The maximum Gasteiger partial charge on any atom is 0.441 e. The van der Waals surface area contributed by atoms with Crippen LogP contribution in [0.3, 0.4) is 0 Å². The van der Waals surface area contributed by atoms with Crippen LogP contribution in [-0.4, -0.2) is 29.5 Å². The van der Waals surface area contributed by atoms with Gasteiger partial charge in [0.2, 0.25) is 0 Å². The lowest BCUT2D eigenvalue weighted by Crippen LogP contribution is -2.24. The second-order valence-electron chi connectivity index (χ2n) is 4.62. The molecule has 0 saturated heterocycles. The van der Waals surface area contributed by atoms with E-state index < -0.39 is 11.6 Å². The van der Waals surface area contributed by atoms with Crippen molar-refractivity contribution in [3.8, 4) is 0 Å². The molecule has 0 radical (unpaired) electrons. The van der Waals surface area contributed by atoms with Gasteiger partial charge in [-0.1, -0.05) is 36.4 Å². The molecule has 0 aliphatic heterocycles. The Bertz CT molecular complexity index is 588. The van der Waals surface area contributed by atoms with Crippen molar-refractivity contribution in [1.82, 2.24) is 5.32 Å². The Hall–Kier alpha value is -1.24. The molecule has 2 nitrogen and oxygen atoms in total. The zero-order valence-electron chi connectivity index (χ0n) is 11.2. The van der Waals surface area contributed by atoms with E-state index in [0.29, 0.717) is 0 Å². The normalized spacial score (nSPS) is 13.5. The molecule has 2 aromatic rings. The molecule has 0 aliphatic carbocycles. The van der Waals surface area contributed by atoms with Crippen molar-refractivity contribution in [2.24, 2.45) is 0 Å². The van der Waals surface area contributed by atoms with Crippen molar-refractivity contribution < 1.29 is 18.3 Å². The van der Waals surface area contributed by atoms with Gasteiger partial charge in [0.05, 0.1) is 6.10 Å². The third kappa shape index (κ3) is 5.22. The number of nitrogens with one attached hydrogen (secondary N) is 1. The molecular weight excluding hydrogens is 299 g/mol. The minimum absolute atomic E-state index is 0.0612. The Morgan fingerprint density at radius 3 is 2.52 bits per heavy atom. The topological polar surface area (TPSA) is 32.3 Å². The molecule has 2 aromatic carbocycles. The second-order valence-corrected chi connectivity index (χ2v) is 5.78. The summed E-state index contributed by atoms with van der Waals surface area (Å²) in [6.45, 7) is 0.436. The van der Waals surface area contributed by atoms with E-state index >= 15 is 0 Å². The first kappa shape index (κ1) is 16.1. The molecule has 0 heterocycles. The monoisotopic (exact) mass is 315 g/mol. The molecule has 6 heteroatoms. The van der Waals surface area contributed by atoms with Gasteiger partial charge in [-0.2, -0.15) is 13.2 Å². The lowest BCUT2D eigenvalue weighted by atomic mass is 10.0. The fraction of sp³-hybridized carbons (Fsp3) is 0.333. The van der Waals surface area contributed by atoms with Crippen molar-refractivity contribution in [1.29, 1.82) is 0 Å². The zero-order valence-corrected chi connectivity index (χ0v) is 12.0. The number of rotatable bonds is 6. The van der Waals surface area contributed by atoms with E-state index in [0.717, 1.165) is 16.3 Å². The van der Waals surface area contributed by atoms with Crippen LogP contribution < -0.4 is 5.32 Å². The summed E-state index contributed by atoms with van der Waals surface area (Å²) in [4.78, 5) is 0. The molecule has 0 aromatic heterocycles. The Balaban J connectivity index is 1.83.